The molecule has 1 heterocycles. The third-order valence-electron chi connectivity index (χ3n) is 2.35. The van der Waals surface area contributed by atoms with Crippen LogP contribution in [0, 0.1) is 0 Å². The molecule has 1 saturated heterocycles. The van der Waals surface area contributed by atoms with Crippen LogP contribution in [-0.2, 0) is 14.7 Å². The molecule has 6 N–H and O–H groups in total. The van der Waals surface area contributed by atoms with Gasteiger partial charge in [0.25, 0.3) is 0 Å². The summed E-state index contributed by atoms with van der Waals surface area (Å²) in [4.78, 5) is 0. The number of hydroxylamine groups is 2. The van der Waals surface area contributed by atoms with E-state index in [0.29, 0.717) is 0 Å². The Morgan fingerprint density at radius 3 is 2.00 bits per heavy atom. The van der Waals surface area contributed by atoms with E-state index >= 15 is 0 Å². The molecule has 0 saturated carbocycles. The molecule has 1 aliphatic rings. The maximum atomic E-state index is 10.5. The predicted molar refractivity (Wildman–Crippen MR) is 49.4 cm³/mol. The Balaban J connectivity index is 2.98. The molecule has 0 radical (unpaired) electrons. The first kappa shape index (κ1) is 14.7. The quantitative estimate of drug-likeness (QED) is 0.278. The van der Waals surface area contributed by atoms with Crippen LogP contribution in [0.2, 0.25) is 0 Å². The minimum atomic E-state index is -5.01. The Bertz CT molecular complexity index is 358. The molecule has 5 atom stereocenters. The zero-order valence-electron chi connectivity index (χ0n) is 8.36. The van der Waals surface area contributed by atoms with Gasteiger partial charge in [0.05, 0.1) is 12.6 Å². The smallest absolute Gasteiger partial charge is 0.395 e. The van der Waals surface area contributed by atoms with Gasteiger partial charge in [0.15, 0.2) is 6.23 Å². The summed E-state index contributed by atoms with van der Waals surface area (Å²) in [5.41, 5.74) is 0. The van der Waals surface area contributed by atoms with Gasteiger partial charge in [-0.2, -0.15) is 12.7 Å². The van der Waals surface area contributed by atoms with Crippen LogP contribution in [0.1, 0.15) is 0 Å². The van der Waals surface area contributed by atoms with Crippen LogP contribution < -0.4 is 0 Å². The number of piperidine rings is 1. The highest BCUT2D eigenvalue weighted by Gasteiger charge is 2.49. The lowest BCUT2D eigenvalue weighted by Crippen LogP contribution is -2.67. The molecule has 0 aromatic rings. The Morgan fingerprint density at radius 1 is 1.06 bits per heavy atom. The van der Waals surface area contributed by atoms with Gasteiger partial charge in [-0.25, -0.2) is 0 Å². The average Bonchev–Trinajstić information content (AvgIpc) is 2.22. The van der Waals surface area contributed by atoms with Gasteiger partial charge in [0.1, 0.15) is 18.3 Å². The van der Waals surface area contributed by atoms with E-state index in [1.54, 1.807) is 0 Å². The Hall–Kier alpha value is -0.370. The third-order valence-corrected chi connectivity index (χ3v) is 2.71. The van der Waals surface area contributed by atoms with Gasteiger partial charge in [0.2, 0.25) is 0 Å². The van der Waals surface area contributed by atoms with Gasteiger partial charge in [-0.3, -0.25) is 4.55 Å². The van der Waals surface area contributed by atoms with Gasteiger partial charge in [0, 0.05) is 0 Å². The summed E-state index contributed by atoms with van der Waals surface area (Å²) >= 11 is 0. The van der Waals surface area contributed by atoms with Crippen molar-refractivity contribution in [2.24, 2.45) is 0 Å². The van der Waals surface area contributed by atoms with Crippen LogP contribution in [0.4, 0.5) is 0 Å². The highest BCUT2D eigenvalue weighted by molar-refractivity contribution is 7.80. The lowest BCUT2D eigenvalue weighted by molar-refractivity contribution is -0.302. The summed E-state index contributed by atoms with van der Waals surface area (Å²) in [5, 5.41) is 46.3. The van der Waals surface area contributed by atoms with E-state index in [0.717, 1.165) is 0 Å². The van der Waals surface area contributed by atoms with E-state index in [2.05, 4.69) is 4.28 Å². The minimum Gasteiger partial charge on any atom is -0.395 e. The summed E-state index contributed by atoms with van der Waals surface area (Å²) in [6.07, 6.45) is -7.56. The number of rotatable bonds is 3. The Morgan fingerprint density at radius 2 is 1.59 bits per heavy atom. The molecule has 0 bridgehead atoms. The van der Waals surface area contributed by atoms with Crippen molar-refractivity contribution in [2.45, 2.75) is 30.6 Å². The molecule has 0 aromatic carbocycles. The van der Waals surface area contributed by atoms with Crippen LogP contribution >= 0.6 is 0 Å². The van der Waals surface area contributed by atoms with Gasteiger partial charge < -0.3 is 25.5 Å². The lowest BCUT2D eigenvalue weighted by Gasteiger charge is -2.43. The van der Waals surface area contributed by atoms with Crippen molar-refractivity contribution in [1.82, 2.24) is 5.06 Å². The number of hydrogen-bond acceptors (Lipinski definition) is 9. The number of hydrogen-bond donors (Lipinski definition) is 6. The summed E-state index contributed by atoms with van der Waals surface area (Å²) in [6, 6.07) is -1.54. The topological polar surface area (TPSA) is 168 Å². The van der Waals surface area contributed by atoms with Crippen molar-refractivity contribution in [3.05, 3.63) is 0 Å². The highest BCUT2D eigenvalue weighted by Crippen LogP contribution is 2.24. The minimum absolute atomic E-state index is 0.0946. The van der Waals surface area contributed by atoms with Gasteiger partial charge in [-0.1, -0.05) is 0 Å². The van der Waals surface area contributed by atoms with Crippen LogP contribution in [0.15, 0.2) is 0 Å². The first-order chi connectivity index (χ1) is 7.69. The second kappa shape index (κ2) is 5.09. The molecule has 0 amide bonds. The van der Waals surface area contributed by atoms with Crippen LogP contribution in [0.25, 0.3) is 0 Å². The van der Waals surface area contributed by atoms with E-state index in [4.69, 9.17) is 9.66 Å². The third kappa shape index (κ3) is 3.09. The second-order valence-electron chi connectivity index (χ2n) is 3.50. The fourth-order valence-corrected chi connectivity index (χ4v) is 1.92. The van der Waals surface area contributed by atoms with E-state index in [1.807, 2.05) is 0 Å². The van der Waals surface area contributed by atoms with Crippen molar-refractivity contribution in [3.8, 4) is 0 Å². The van der Waals surface area contributed by atoms with E-state index < -0.39 is 47.6 Å². The highest BCUT2D eigenvalue weighted by atomic mass is 32.3. The molecule has 1 fully saturated rings. The second-order valence-corrected chi connectivity index (χ2v) is 4.50. The summed E-state index contributed by atoms with van der Waals surface area (Å²) < 4.78 is 33.3. The summed E-state index contributed by atoms with van der Waals surface area (Å²) in [6.45, 7) is -0.891. The molecule has 0 spiro atoms. The van der Waals surface area contributed by atoms with E-state index in [-0.39, 0.29) is 5.06 Å². The fraction of sp³-hybridized carbons (Fsp3) is 1.00. The van der Waals surface area contributed by atoms with Gasteiger partial charge >= 0.3 is 10.4 Å². The molecule has 0 aliphatic carbocycles. The van der Waals surface area contributed by atoms with Crippen LogP contribution in [0.5, 0.6) is 0 Å². The summed E-state index contributed by atoms with van der Waals surface area (Å²) in [5.74, 6) is 0. The van der Waals surface area contributed by atoms with Crippen molar-refractivity contribution in [1.29, 1.82) is 0 Å². The molecule has 1 unspecified atom stereocenters. The number of aliphatic hydroxyl groups excluding tert-OH is 5. The molecule has 1 rings (SSSR count). The molecular formula is C6H13NO9S. The molecular weight excluding hydrogens is 262 g/mol. The molecule has 102 valence electrons. The summed E-state index contributed by atoms with van der Waals surface area (Å²) in [7, 11) is -5.01. The molecule has 0 aromatic heterocycles. The van der Waals surface area contributed by atoms with E-state index in [1.165, 1.54) is 0 Å². The SMILES string of the molecule is O=S(=O)(O)ON1C(O)[C@H](O)[C@@H](O)[C@H](O)[C@H]1CO. The van der Waals surface area contributed by atoms with Crippen molar-refractivity contribution < 1.29 is 42.8 Å². The molecule has 10 nitrogen and oxygen atoms in total. The Kier molecular flexibility index (Phi) is 4.40. The lowest BCUT2D eigenvalue weighted by atomic mass is 9.95. The predicted octanol–water partition coefficient (Wildman–Crippen LogP) is -4.20. The average molecular weight is 275 g/mol. The van der Waals surface area contributed by atoms with Crippen molar-refractivity contribution >= 4 is 10.4 Å². The maximum Gasteiger partial charge on any atom is 0.413 e. The van der Waals surface area contributed by atoms with E-state index in [9.17, 15) is 28.8 Å². The van der Waals surface area contributed by atoms with Gasteiger partial charge in [-0.15, -0.1) is 5.06 Å². The number of nitrogens with zero attached hydrogens (tertiary/aromatic N) is 1. The van der Waals surface area contributed by atoms with Gasteiger partial charge in [-0.05, 0) is 0 Å². The normalized spacial score (nSPS) is 40.5. The standard InChI is InChI=1S/C6H13NO9S/c8-1-2-3(9)4(10)5(11)6(12)7(2)16-17(13,14)15/h2-6,8-12H,1H2,(H,13,14,15)/t2-,3-,4+,5-,6?/m1/s1. The maximum absolute atomic E-state index is 10.5. The largest absolute Gasteiger partial charge is 0.413 e. The zero-order chi connectivity index (χ0) is 13.4. The van der Waals surface area contributed by atoms with Crippen molar-refractivity contribution in [3.63, 3.8) is 0 Å². The number of aliphatic hydroxyl groups is 5. The van der Waals surface area contributed by atoms with Crippen LogP contribution in [0.3, 0.4) is 0 Å². The monoisotopic (exact) mass is 275 g/mol. The van der Waals surface area contributed by atoms with Crippen LogP contribution in [-0.4, -0.2) is 80.8 Å². The first-order valence-corrected chi connectivity index (χ1v) is 5.84. The zero-order valence-corrected chi connectivity index (χ0v) is 9.17. The molecule has 17 heavy (non-hydrogen) atoms. The molecule has 1 aliphatic heterocycles. The first-order valence-electron chi connectivity index (χ1n) is 4.47. The molecule has 11 heteroatoms. The van der Waals surface area contributed by atoms with Crippen molar-refractivity contribution in [2.75, 3.05) is 6.61 Å². The Labute approximate surface area is 96.2 Å². The fourth-order valence-electron chi connectivity index (χ4n) is 1.50.